The van der Waals surface area contributed by atoms with Gasteiger partial charge in [-0.15, -0.1) is 0 Å². The normalized spacial score (nSPS) is 21.6. The number of anilines is 1. The number of para-hydroxylation sites is 1. The van der Waals surface area contributed by atoms with Crippen LogP contribution in [0.1, 0.15) is 48.2 Å². The standard InChI is InChI=1S/C28H35ClN4O/c1-20-24(29)6-4-8-27(20)33-17-15-32(16-18-33)14-13-21-9-11-23(12-10-21)30-28(34)26-19-22-5-2-3-7-25(22)31-26/h2-8,19,21,23,31H,9-18H2,1H3,(H,30,34). The van der Waals surface area contributed by atoms with Gasteiger partial charge in [-0.2, -0.15) is 0 Å². The Kier molecular flexibility index (Phi) is 7.12. The molecule has 5 rings (SSSR count). The maximum atomic E-state index is 12.7. The van der Waals surface area contributed by atoms with Crippen LogP contribution >= 0.6 is 11.6 Å². The number of hydrogen-bond donors (Lipinski definition) is 2. The van der Waals surface area contributed by atoms with E-state index >= 15 is 0 Å². The summed E-state index contributed by atoms with van der Waals surface area (Å²) in [5, 5.41) is 5.19. The van der Waals surface area contributed by atoms with Crippen molar-refractivity contribution in [3.63, 3.8) is 0 Å². The fraction of sp³-hybridized carbons (Fsp3) is 0.464. The smallest absolute Gasteiger partial charge is 0.267 e. The Hall–Kier alpha value is -2.50. The third-order valence-electron chi connectivity index (χ3n) is 7.76. The van der Waals surface area contributed by atoms with Crippen molar-refractivity contribution in [2.45, 2.75) is 45.1 Å². The number of nitrogens with zero attached hydrogens (tertiary/aromatic N) is 2. The lowest BCUT2D eigenvalue weighted by molar-refractivity contribution is 0.0915. The number of halogens is 1. The van der Waals surface area contributed by atoms with E-state index in [1.54, 1.807) is 0 Å². The zero-order valence-corrected chi connectivity index (χ0v) is 20.8. The first kappa shape index (κ1) is 23.3. The van der Waals surface area contributed by atoms with Crippen molar-refractivity contribution in [2.24, 2.45) is 5.92 Å². The van der Waals surface area contributed by atoms with E-state index in [-0.39, 0.29) is 5.91 Å². The van der Waals surface area contributed by atoms with Gasteiger partial charge in [0.25, 0.3) is 5.91 Å². The number of benzene rings is 2. The Morgan fingerprint density at radius 1 is 1.03 bits per heavy atom. The minimum absolute atomic E-state index is 0.0208. The summed E-state index contributed by atoms with van der Waals surface area (Å²) in [4.78, 5) is 21.0. The number of hydrogen-bond acceptors (Lipinski definition) is 3. The lowest BCUT2D eigenvalue weighted by Crippen LogP contribution is -2.47. The van der Waals surface area contributed by atoms with Gasteiger partial charge in [-0.25, -0.2) is 0 Å². The van der Waals surface area contributed by atoms with Gasteiger partial charge >= 0.3 is 0 Å². The summed E-state index contributed by atoms with van der Waals surface area (Å²) in [5.74, 6) is 0.793. The molecule has 0 atom stereocenters. The summed E-state index contributed by atoms with van der Waals surface area (Å²) in [5.41, 5.74) is 4.14. The van der Waals surface area contributed by atoms with Crippen LogP contribution in [0.25, 0.3) is 10.9 Å². The minimum atomic E-state index is 0.0208. The van der Waals surface area contributed by atoms with Crippen molar-refractivity contribution < 1.29 is 4.79 Å². The molecular weight excluding hydrogens is 444 g/mol. The summed E-state index contributed by atoms with van der Waals surface area (Å²) in [6.45, 7) is 7.65. The second kappa shape index (κ2) is 10.4. The molecule has 3 aromatic rings. The highest BCUT2D eigenvalue weighted by atomic mass is 35.5. The van der Waals surface area contributed by atoms with Crippen molar-refractivity contribution in [1.82, 2.24) is 15.2 Å². The van der Waals surface area contributed by atoms with Gasteiger partial charge in [0.15, 0.2) is 0 Å². The number of aromatic nitrogens is 1. The molecule has 2 heterocycles. The van der Waals surface area contributed by atoms with E-state index in [0.29, 0.717) is 11.7 Å². The summed E-state index contributed by atoms with van der Waals surface area (Å²) in [6, 6.07) is 16.5. The average Bonchev–Trinajstić information content (AvgIpc) is 3.30. The minimum Gasteiger partial charge on any atom is -0.369 e. The van der Waals surface area contributed by atoms with E-state index in [4.69, 9.17) is 11.6 Å². The first-order valence-corrected chi connectivity index (χ1v) is 13.1. The molecule has 1 aliphatic carbocycles. The molecule has 1 aliphatic heterocycles. The molecule has 1 aromatic heterocycles. The summed E-state index contributed by atoms with van der Waals surface area (Å²) < 4.78 is 0. The van der Waals surface area contributed by atoms with Crippen molar-refractivity contribution in [2.75, 3.05) is 37.6 Å². The number of nitrogens with one attached hydrogen (secondary N) is 2. The highest BCUT2D eigenvalue weighted by Gasteiger charge is 2.25. The van der Waals surface area contributed by atoms with E-state index in [1.807, 2.05) is 36.4 Å². The predicted octanol–water partition coefficient (Wildman–Crippen LogP) is 5.63. The molecule has 2 N–H and O–H groups in total. The number of amides is 1. The van der Waals surface area contributed by atoms with E-state index in [2.05, 4.69) is 39.2 Å². The summed E-state index contributed by atoms with van der Waals surface area (Å²) in [7, 11) is 0. The van der Waals surface area contributed by atoms with Crippen LogP contribution in [0.4, 0.5) is 5.69 Å². The molecule has 180 valence electrons. The number of fused-ring (bicyclic) bond motifs is 1. The highest BCUT2D eigenvalue weighted by Crippen LogP contribution is 2.29. The van der Waals surface area contributed by atoms with Gasteiger partial charge in [0, 0.05) is 53.8 Å². The van der Waals surface area contributed by atoms with Crippen molar-refractivity contribution in [1.29, 1.82) is 0 Å². The SMILES string of the molecule is Cc1c(Cl)cccc1N1CCN(CCC2CCC(NC(=O)c3cc4ccccc4[nH]3)CC2)CC1. The Balaban J connectivity index is 1.03. The molecule has 5 nitrogen and oxygen atoms in total. The second-order valence-corrected chi connectivity index (χ2v) is 10.4. The van der Waals surface area contributed by atoms with Gasteiger partial charge in [-0.05, 0) is 81.3 Å². The summed E-state index contributed by atoms with van der Waals surface area (Å²) >= 11 is 6.32. The van der Waals surface area contributed by atoms with Gasteiger partial charge in [-0.3, -0.25) is 9.69 Å². The molecule has 2 aliphatic rings. The maximum Gasteiger partial charge on any atom is 0.267 e. The number of piperazine rings is 1. The number of rotatable bonds is 6. The molecule has 2 fully saturated rings. The molecule has 1 saturated carbocycles. The van der Waals surface area contributed by atoms with E-state index < -0.39 is 0 Å². The molecule has 0 radical (unpaired) electrons. The third kappa shape index (κ3) is 5.26. The van der Waals surface area contributed by atoms with Gasteiger partial charge in [0.05, 0.1) is 0 Å². The molecule has 34 heavy (non-hydrogen) atoms. The summed E-state index contributed by atoms with van der Waals surface area (Å²) in [6.07, 6.45) is 5.84. The van der Waals surface area contributed by atoms with E-state index in [0.717, 1.165) is 60.9 Å². The molecular formula is C28H35ClN4O. The molecule has 6 heteroatoms. The zero-order chi connectivity index (χ0) is 23.5. The monoisotopic (exact) mass is 478 g/mol. The molecule has 0 bridgehead atoms. The first-order chi connectivity index (χ1) is 16.6. The van der Waals surface area contributed by atoms with Crippen LogP contribution in [-0.4, -0.2) is 54.6 Å². The molecule has 0 spiro atoms. The maximum absolute atomic E-state index is 12.7. The lowest BCUT2D eigenvalue weighted by Gasteiger charge is -2.38. The van der Waals surface area contributed by atoms with Crippen LogP contribution in [0, 0.1) is 12.8 Å². The van der Waals surface area contributed by atoms with Gasteiger partial charge in [-0.1, -0.05) is 35.9 Å². The van der Waals surface area contributed by atoms with Crippen molar-refractivity contribution >= 4 is 34.1 Å². The van der Waals surface area contributed by atoms with Crippen molar-refractivity contribution in [3.8, 4) is 0 Å². The first-order valence-electron chi connectivity index (χ1n) is 12.7. The lowest BCUT2D eigenvalue weighted by atomic mass is 9.84. The highest BCUT2D eigenvalue weighted by molar-refractivity contribution is 6.31. The molecule has 1 saturated heterocycles. The van der Waals surface area contributed by atoms with Crippen LogP contribution in [0.5, 0.6) is 0 Å². The average molecular weight is 479 g/mol. The second-order valence-electron chi connectivity index (χ2n) is 9.96. The van der Waals surface area contributed by atoms with Crippen LogP contribution in [0.2, 0.25) is 5.02 Å². The van der Waals surface area contributed by atoms with Gasteiger partial charge in [0.1, 0.15) is 5.69 Å². The van der Waals surface area contributed by atoms with E-state index in [9.17, 15) is 4.79 Å². The van der Waals surface area contributed by atoms with Gasteiger partial charge < -0.3 is 15.2 Å². The van der Waals surface area contributed by atoms with Crippen molar-refractivity contribution in [3.05, 3.63) is 64.8 Å². The topological polar surface area (TPSA) is 51.4 Å². The quantitative estimate of drug-likeness (QED) is 0.482. The number of carbonyl (C=O) groups is 1. The predicted molar refractivity (Wildman–Crippen MR) is 141 cm³/mol. The van der Waals surface area contributed by atoms with Crippen LogP contribution in [0.3, 0.4) is 0 Å². The molecule has 2 aromatic carbocycles. The Bertz CT molecular complexity index is 1090. The van der Waals surface area contributed by atoms with Crippen LogP contribution in [-0.2, 0) is 0 Å². The molecule has 1 amide bonds. The van der Waals surface area contributed by atoms with Gasteiger partial charge in [0.2, 0.25) is 0 Å². The van der Waals surface area contributed by atoms with Crippen LogP contribution < -0.4 is 10.2 Å². The number of aromatic amines is 1. The Labute approximate surface area is 207 Å². The zero-order valence-electron chi connectivity index (χ0n) is 20.0. The Morgan fingerprint density at radius 3 is 2.56 bits per heavy atom. The fourth-order valence-corrected chi connectivity index (χ4v) is 5.74. The third-order valence-corrected chi connectivity index (χ3v) is 8.17. The Morgan fingerprint density at radius 2 is 1.79 bits per heavy atom. The number of H-pyrrole nitrogens is 1. The van der Waals surface area contributed by atoms with Crippen LogP contribution in [0.15, 0.2) is 48.5 Å². The largest absolute Gasteiger partial charge is 0.369 e. The van der Waals surface area contributed by atoms with E-state index in [1.165, 1.54) is 37.1 Å². The number of carbonyl (C=O) groups excluding carboxylic acids is 1. The fourth-order valence-electron chi connectivity index (χ4n) is 5.57. The molecule has 0 unspecified atom stereocenters.